The average molecular weight is 200 g/mol. The maximum atomic E-state index is 10.8. The molecule has 13 heavy (non-hydrogen) atoms. The summed E-state index contributed by atoms with van der Waals surface area (Å²) in [6, 6.07) is 0. The number of carbonyl (C=O) groups excluding carboxylic acids is 2. The van der Waals surface area contributed by atoms with E-state index in [2.05, 4.69) is 10.3 Å². The van der Waals surface area contributed by atoms with Gasteiger partial charge in [-0.05, 0) is 0 Å². The number of aromatic nitrogens is 1. The third-order valence-electron chi connectivity index (χ3n) is 1.25. The van der Waals surface area contributed by atoms with E-state index in [-0.39, 0.29) is 6.54 Å². The number of nitrogens with one attached hydrogen (secondary N) is 2. The Morgan fingerprint density at radius 3 is 2.85 bits per heavy atom. The van der Waals surface area contributed by atoms with Gasteiger partial charge in [-0.25, -0.2) is 10.8 Å². The lowest BCUT2D eigenvalue weighted by Crippen LogP contribution is -2.42. The number of amides is 2. The number of nitrogens with zero attached hydrogens (tertiary/aromatic N) is 1. The van der Waals surface area contributed by atoms with E-state index in [0.29, 0.717) is 5.69 Å². The highest BCUT2D eigenvalue weighted by Crippen LogP contribution is 1.99. The van der Waals surface area contributed by atoms with Gasteiger partial charge in [-0.15, -0.1) is 11.3 Å². The molecule has 4 N–H and O–H groups in total. The Balaban J connectivity index is 2.35. The van der Waals surface area contributed by atoms with Crippen molar-refractivity contribution in [2.75, 3.05) is 0 Å². The summed E-state index contributed by atoms with van der Waals surface area (Å²) >= 11 is 1.42. The zero-order valence-electron chi connectivity index (χ0n) is 6.61. The van der Waals surface area contributed by atoms with E-state index in [4.69, 9.17) is 5.84 Å². The minimum Gasteiger partial charge on any atom is -0.342 e. The Kier molecular flexibility index (Phi) is 3.35. The molecule has 0 radical (unpaired) electrons. The van der Waals surface area contributed by atoms with Gasteiger partial charge >= 0.3 is 11.8 Å². The van der Waals surface area contributed by atoms with Crippen LogP contribution in [0.15, 0.2) is 10.9 Å². The molecule has 0 aliphatic carbocycles. The van der Waals surface area contributed by atoms with Crippen molar-refractivity contribution in [3.05, 3.63) is 16.6 Å². The molecule has 0 saturated heterocycles. The van der Waals surface area contributed by atoms with Crippen LogP contribution < -0.4 is 16.6 Å². The van der Waals surface area contributed by atoms with Crippen molar-refractivity contribution < 1.29 is 9.59 Å². The van der Waals surface area contributed by atoms with Crippen LogP contribution in [-0.2, 0) is 16.1 Å². The maximum absolute atomic E-state index is 10.8. The van der Waals surface area contributed by atoms with Crippen molar-refractivity contribution >= 4 is 23.2 Å². The van der Waals surface area contributed by atoms with E-state index < -0.39 is 11.8 Å². The fraction of sp³-hybridized carbons (Fsp3) is 0.167. The highest BCUT2D eigenvalue weighted by atomic mass is 32.1. The Morgan fingerprint density at radius 1 is 1.54 bits per heavy atom. The van der Waals surface area contributed by atoms with Crippen LogP contribution in [0.1, 0.15) is 5.69 Å². The fourth-order valence-electron chi connectivity index (χ4n) is 0.641. The van der Waals surface area contributed by atoms with Crippen molar-refractivity contribution in [2.45, 2.75) is 6.54 Å². The molecule has 1 heterocycles. The molecule has 0 saturated carbocycles. The standard InChI is InChI=1S/C6H8N4O2S/c7-10-6(12)5(11)8-1-4-2-13-3-9-4/h2-3H,1,7H2,(H,8,11)(H,10,12). The molecule has 0 aliphatic heterocycles. The van der Waals surface area contributed by atoms with E-state index in [1.54, 1.807) is 16.3 Å². The van der Waals surface area contributed by atoms with Gasteiger partial charge in [0, 0.05) is 5.38 Å². The number of nitrogens with two attached hydrogens (primary N) is 1. The first-order chi connectivity index (χ1) is 6.24. The summed E-state index contributed by atoms with van der Waals surface area (Å²) in [5, 5.41) is 4.13. The van der Waals surface area contributed by atoms with Crippen molar-refractivity contribution in [1.29, 1.82) is 0 Å². The number of thiazole rings is 1. The molecule has 1 rings (SSSR count). The molecule has 0 atom stereocenters. The van der Waals surface area contributed by atoms with Gasteiger partial charge in [0.25, 0.3) is 0 Å². The summed E-state index contributed by atoms with van der Waals surface area (Å²) < 4.78 is 0. The van der Waals surface area contributed by atoms with Gasteiger partial charge in [0.15, 0.2) is 0 Å². The van der Waals surface area contributed by atoms with E-state index in [1.165, 1.54) is 11.3 Å². The second-order valence-electron chi connectivity index (χ2n) is 2.14. The van der Waals surface area contributed by atoms with E-state index in [1.807, 2.05) is 0 Å². The molecule has 0 aromatic carbocycles. The molecule has 1 aromatic rings. The molecule has 0 bridgehead atoms. The third kappa shape index (κ3) is 2.80. The Hall–Kier alpha value is -1.47. The molecule has 2 amide bonds. The number of rotatable bonds is 2. The smallest absolute Gasteiger partial charge is 0.323 e. The molecule has 1 aromatic heterocycles. The van der Waals surface area contributed by atoms with Crippen molar-refractivity contribution in [3.8, 4) is 0 Å². The molecule has 6 nitrogen and oxygen atoms in total. The molecular weight excluding hydrogens is 192 g/mol. The summed E-state index contributed by atoms with van der Waals surface area (Å²) in [6.45, 7) is 0.232. The number of hydrazine groups is 1. The average Bonchev–Trinajstić information content (AvgIpc) is 2.65. The van der Waals surface area contributed by atoms with Crippen LogP contribution in [-0.4, -0.2) is 16.8 Å². The van der Waals surface area contributed by atoms with E-state index in [0.717, 1.165) is 0 Å². The van der Waals surface area contributed by atoms with Crippen LogP contribution in [0.2, 0.25) is 0 Å². The first kappa shape index (κ1) is 9.62. The number of carbonyl (C=O) groups is 2. The van der Waals surface area contributed by atoms with Crippen LogP contribution in [0.5, 0.6) is 0 Å². The summed E-state index contributed by atoms with van der Waals surface area (Å²) in [7, 11) is 0. The minimum atomic E-state index is -0.866. The Morgan fingerprint density at radius 2 is 2.31 bits per heavy atom. The van der Waals surface area contributed by atoms with Gasteiger partial charge in [0.05, 0.1) is 17.7 Å². The monoisotopic (exact) mass is 200 g/mol. The zero-order valence-corrected chi connectivity index (χ0v) is 7.43. The lowest BCUT2D eigenvalue weighted by molar-refractivity contribution is -0.139. The highest BCUT2D eigenvalue weighted by molar-refractivity contribution is 7.07. The fourth-order valence-corrected chi connectivity index (χ4v) is 1.20. The lowest BCUT2D eigenvalue weighted by Gasteiger charge is -2.00. The Labute approximate surface area is 78.1 Å². The van der Waals surface area contributed by atoms with Crippen LogP contribution in [0.25, 0.3) is 0 Å². The van der Waals surface area contributed by atoms with Crippen LogP contribution in [0.3, 0.4) is 0 Å². The van der Waals surface area contributed by atoms with Crippen molar-refractivity contribution in [3.63, 3.8) is 0 Å². The quantitative estimate of drug-likeness (QED) is 0.240. The topological polar surface area (TPSA) is 97.1 Å². The first-order valence-corrected chi connectivity index (χ1v) is 4.34. The number of hydrogen-bond acceptors (Lipinski definition) is 5. The maximum Gasteiger partial charge on any atom is 0.323 e. The second-order valence-corrected chi connectivity index (χ2v) is 2.85. The third-order valence-corrected chi connectivity index (χ3v) is 1.89. The van der Waals surface area contributed by atoms with Crippen LogP contribution in [0.4, 0.5) is 0 Å². The molecular formula is C6H8N4O2S. The molecule has 0 aliphatic rings. The van der Waals surface area contributed by atoms with Crippen molar-refractivity contribution in [2.24, 2.45) is 5.84 Å². The Bertz CT molecular complexity index is 298. The summed E-state index contributed by atoms with van der Waals surface area (Å²) in [5.41, 5.74) is 4.08. The first-order valence-electron chi connectivity index (χ1n) is 3.40. The summed E-state index contributed by atoms with van der Waals surface area (Å²) in [5.74, 6) is 3.11. The lowest BCUT2D eigenvalue weighted by atomic mass is 10.4. The molecule has 0 spiro atoms. The van der Waals surface area contributed by atoms with Crippen molar-refractivity contribution in [1.82, 2.24) is 15.7 Å². The van der Waals surface area contributed by atoms with Gasteiger partial charge in [-0.2, -0.15) is 0 Å². The van der Waals surface area contributed by atoms with Gasteiger partial charge in [-0.1, -0.05) is 0 Å². The van der Waals surface area contributed by atoms with Crippen LogP contribution in [0, 0.1) is 0 Å². The highest BCUT2D eigenvalue weighted by Gasteiger charge is 2.10. The predicted octanol–water partition coefficient (Wildman–Crippen LogP) is -1.25. The second kappa shape index (κ2) is 4.53. The largest absolute Gasteiger partial charge is 0.342 e. The molecule has 0 unspecified atom stereocenters. The van der Waals surface area contributed by atoms with Gasteiger partial charge in [0.1, 0.15) is 0 Å². The zero-order chi connectivity index (χ0) is 9.68. The summed E-state index contributed by atoms with van der Waals surface area (Å²) in [6.07, 6.45) is 0. The van der Waals surface area contributed by atoms with Crippen LogP contribution >= 0.6 is 11.3 Å². The SMILES string of the molecule is NNC(=O)C(=O)NCc1cscn1. The number of hydrogen-bond donors (Lipinski definition) is 3. The molecule has 0 fully saturated rings. The minimum absolute atomic E-state index is 0.232. The van der Waals surface area contributed by atoms with E-state index in [9.17, 15) is 9.59 Å². The van der Waals surface area contributed by atoms with Gasteiger partial charge in [0.2, 0.25) is 0 Å². The molecule has 70 valence electrons. The molecule has 7 heteroatoms. The summed E-state index contributed by atoms with van der Waals surface area (Å²) in [4.78, 5) is 25.4. The predicted molar refractivity (Wildman–Crippen MR) is 46.3 cm³/mol. The normalized spacial score (nSPS) is 9.31. The van der Waals surface area contributed by atoms with E-state index >= 15 is 0 Å². The van der Waals surface area contributed by atoms with Gasteiger partial charge < -0.3 is 5.32 Å². The van der Waals surface area contributed by atoms with Gasteiger partial charge in [-0.3, -0.25) is 15.0 Å².